The fourth-order valence-corrected chi connectivity index (χ4v) is 2.71. The van der Waals surface area contributed by atoms with Crippen molar-refractivity contribution >= 4 is 23.8 Å². The van der Waals surface area contributed by atoms with Crippen molar-refractivity contribution < 1.29 is 9.90 Å². The van der Waals surface area contributed by atoms with Gasteiger partial charge < -0.3 is 9.67 Å². The van der Waals surface area contributed by atoms with Crippen LogP contribution in [0.2, 0.25) is 5.02 Å². The van der Waals surface area contributed by atoms with Crippen molar-refractivity contribution in [2.24, 2.45) is 5.10 Å². The molecule has 0 spiro atoms. The van der Waals surface area contributed by atoms with Gasteiger partial charge >= 0.3 is 5.97 Å². The lowest BCUT2D eigenvalue weighted by atomic mass is 10.2. The predicted molar refractivity (Wildman–Crippen MR) is 90.2 cm³/mol. The molecule has 0 saturated carbocycles. The molecule has 0 radical (unpaired) electrons. The van der Waals surface area contributed by atoms with E-state index in [0.29, 0.717) is 0 Å². The summed E-state index contributed by atoms with van der Waals surface area (Å²) in [6, 6.07) is 6.91. The standard InChI is InChI=1S/C16H14ClN5O2/c1-10-5-12(7-20-21-8-18-19-9-21)11(2)22(10)13-3-4-15(17)14(6-13)16(23)24/h3-9H,1-2H3,(H,23,24)/b20-7-. The number of rotatable bonds is 4. The van der Waals surface area contributed by atoms with E-state index in [4.69, 9.17) is 11.6 Å². The summed E-state index contributed by atoms with van der Waals surface area (Å²) < 4.78 is 3.45. The van der Waals surface area contributed by atoms with Gasteiger partial charge in [-0.1, -0.05) is 11.6 Å². The van der Waals surface area contributed by atoms with E-state index in [9.17, 15) is 9.90 Å². The number of halogens is 1. The van der Waals surface area contributed by atoms with E-state index in [1.807, 2.05) is 24.5 Å². The first-order valence-corrected chi connectivity index (χ1v) is 7.46. The zero-order valence-corrected chi connectivity index (χ0v) is 13.8. The summed E-state index contributed by atoms with van der Waals surface area (Å²) in [7, 11) is 0. The second-order valence-corrected chi connectivity index (χ2v) is 5.62. The van der Waals surface area contributed by atoms with Crippen molar-refractivity contribution in [1.29, 1.82) is 0 Å². The van der Waals surface area contributed by atoms with Crippen molar-refractivity contribution in [3.8, 4) is 5.69 Å². The molecule has 0 saturated heterocycles. The summed E-state index contributed by atoms with van der Waals surface area (Å²) in [5.74, 6) is -1.06. The molecule has 8 heteroatoms. The molecule has 2 aromatic heterocycles. The van der Waals surface area contributed by atoms with E-state index in [1.54, 1.807) is 24.4 Å². The number of aromatic nitrogens is 4. The smallest absolute Gasteiger partial charge is 0.337 e. The molecule has 1 aromatic carbocycles. The molecule has 0 aliphatic rings. The fraction of sp³-hybridized carbons (Fsp3) is 0.125. The molecule has 0 bridgehead atoms. The van der Waals surface area contributed by atoms with Crippen LogP contribution in [0.25, 0.3) is 5.69 Å². The molecule has 1 N–H and O–H groups in total. The number of aromatic carboxylic acids is 1. The summed E-state index contributed by atoms with van der Waals surface area (Å²) >= 11 is 5.94. The van der Waals surface area contributed by atoms with Gasteiger partial charge in [0, 0.05) is 22.6 Å². The SMILES string of the molecule is Cc1cc(/C=N\n2cnnc2)c(C)n1-c1ccc(Cl)c(C(=O)O)c1. The number of aryl methyl sites for hydroxylation is 1. The van der Waals surface area contributed by atoms with Gasteiger partial charge in [-0.15, -0.1) is 10.2 Å². The van der Waals surface area contributed by atoms with Gasteiger partial charge in [-0.25, -0.2) is 9.47 Å². The molecule has 7 nitrogen and oxygen atoms in total. The molecule has 0 aliphatic carbocycles. The Morgan fingerprint density at radius 3 is 2.62 bits per heavy atom. The molecule has 3 aromatic rings. The average molecular weight is 344 g/mol. The predicted octanol–water partition coefficient (Wildman–Crippen LogP) is 2.92. The van der Waals surface area contributed by atoms with Gasteiger partial charge in [0.1, 0.15) is 12.7 Å². The monoisotopic (exact) mass is 343 g/mol. The van der Waals surface area contributed by atoms with Gasteiger partial charge in [0.05, 0.1) is 16.8 Å². The lowest BCUT2D eigenvalue weighted by molar-refractivity contribution is 0.0697. The largest absolute Gasteiger partial charge is 0.478 e. The van der Waals surface area contributed by atoms with Gasteiger partial charge in [0.25, 0.3) is 0 Å². The van der Waals surface area contributed by atoms with E-state index >= 15 is 0 Å². The van der Waals surface area contributed by atoms with E-state index in [1.165, 1.54) is 17.3 Å². The Labute approximate surface area is 142 Å². The average Bonchev–Trinajstić information content (AvgIpc) is 3.14. The summed E-state index contributed by atoms with van der Waals surface area (Å²) in [6.07, 6.45) is 4.69. The zero-order chi connectivity index (χ0) is 17.3. The zero-order valence-electron chi connectivity index (χ0n) is 13.0. The van der Waals surface area contributed by atoms with Crippen LogP contribution in [0.5, 0.6) is 0 Å². The molecule has 0 atom stereocenters. The second-order valence-electron chi connectivity index (χ2n) is 5.22. The molecule has 3 rings (SSSR count). The number of benzene rings is 1. The van der Waals surface area contributed by atoms with Gasteiger partial charge in [-0.3, -0.25) is 0 Å². The van der Waals surface area contributed by atoms with Crippen LogP contribution in [0.3, 0.4) is 0 Å². The van der Waals surface area contributed by atoms with Crippen LogP contribution in [0.15, 0.2) is 42.0 Å². The first kappa shape index (κ1) is 15.9. The summed E-state index contributed by atoms with van der Waals surface area (Å²) in [5, 5.41) is 21.1. The third kappa shape index (κ3) is 2.93. The Morgan fingerprint density at radius 1 is 1.25 bits per heavy atom. The lowest BCUT2D eigenvalue weighted by Crippen LogP contribution is -2.04. The first-order chi connectivity index (χ1) is 11.5. The number of hydrogen-bond acceptors (Lipinski definition) is 4. The molecule has 0 unspecified atom stereocenters. The molecule has 2 heterocycles. The minimum absolute atomic E-state index is 0.0707. The summed E-state index contributed by atoms with van der Waals surface area (Å²) in [5.41, 5.74) is 3.60. The van der Waals surface area contributed by atoms with Crippen LogP contribution >= 0.6 is 11.6 Å². The number of carbonyl (C=O) groups is 1. The van der Waals surface area contributed by atoms with E-state index < -0.39 is 5.97 Å². The van der Waals surface area contributed by atoms with Crippen molar-refractivity contribution in [2.75, 3.05) is 0 Å². The molecule has 0 amide bonds. The van der Waals surface area contributed by atoms with Gasteiger partial charge in [-0.05, 0) is 38.1 Å². The maximum Gasteiger partial charge on any atom is 0.337 e. The topological polar surface area (TPSA) is 85.3 Å². The van der Waals surface area contributed by atoms with Crippen LogP contribution in [0.1, 0.15) is 27.3 Å². The van der Waals surface area contributed by atoms with Crippen LogP contribution in [0.4, 0.5) is 0 Å². The third-order valence-corrected chi connectivity index (χ3v) is 3.98. The van der Waals surface area contributed by atoms with Gasteiger partial charge in [0.2, 0.25) is 0 Å². The van der Waals surface area contributed by atoms with Crippen molar-refractivity contribution in [3.63, 3.8) is 0 Å². The number of carboxylic acid groups (broad SMARTS) is 1. The maximum atomic E-state index is 11.3. The van der Waals surface area contributed by atoms with E-state index in [0.717, 1.165) is 22.6 Å². The Hall–Kier alpha value is -2.93. The van der Waals surface area contributed by atoms with Gasteiger partial charge in [-0.2, -0.15) is 5.10 Å². The Bertz CT molecular complexity index is 928. The fourth-order valence-electron chi connectivity index (χ4n) is 2.52. The number of nitrogens with zero attached hydrogens (tertiary/aromatic N) is 5. The highest BCUT2D eigenvalue weighted by Gasteiger charge is 2.14. The second kappa shape index (κ2) is 6.29. The molecule has 0 fully saturated rings. The van der Waals surface area contributed by atoms with Crippen molar-refractivity contribution in [3.05, 3.63) is 64.5 Å². The number of hydrogen-bond donors (Lipinski definition) is 1. The minimum atomic E-state index is -1.06. The highest BCUT2D eigenvalue weighted by Crippen LogP contribution is 2.24. The van der Waals surface area contributed by atoms with E-state index in [-0.39, 0.29) is 10.6 Å². The van der Waals surface area contributed by atoms with Crippen LogP contribution < -0.4 is 0 Å². The molecule has 0 aliphatic heterocycles. The quantitative estimate of drug-likeness (QED) is 0.738. The van der Waals surface area contributed by atoms with Crippen LogP contribution in [0, 0.1) is 13.8 Å². The maximum absolute atomic E-state index is 11.3. The minimum Gasteiger partial charge on any atom is -0.478 e. The molecular weight excluding hydrogens is 330 g/mol. The highest BCUT2D eigenvalue weighted by atomic mass is 35.5. The summed E-state index contributed by atoms with van der Waals surface area (Å²) in [4.78, 5) is 11.3. The first-order valence-electron chi connectivity index (χ1n) is 7.08. The van der Waals surface area contributed by atoms with E-state index in [2.05, 4.69) is 15.3 Å². The molecular formula is C16H14ClN5O2. The van der Waals surface area contributed by atoms with Crippen molar-refractivity contribution in [2.45, 2.75) is 13.8 Å². The Kier molecular flexibility index (Phi) is 4.18. The molecule has 122 valence electrons. The third-order valence-electron chi connectivity index (χ3n) is 3.65. The lowest BCUT2D eigenvalue weighted by Gasteiger charge is -2.11. The Balaban J connectivity index is 2.03. The van der Waals surface area contributed by atoms with Crippen LogP contribution in [-0.4, -0.2) is 36.7 Å². The highest BCUT2D eigenvalue weighted by molar-refractivity contribution is 6.33. The van der Waals surface area contributed by atoms with Crippen LogP contribution in [-0.2, 0) is 0 Å². The normalized spacial score (nSPS) is 11.3. The van der Waals surface area contributed by atoms with Gasteiger partial charge in [0.15, 0.2) is 0 Å². The van der Waals surface area contributed by atoms with Crippen molar-refractivity contribution in [1.82, 2.24) is 19.4 Å². The Morgan fingerprint density at radius 2 is 1.96 bits per heavy atom. The summed E-state index contributed by atoms with van der Waals surface area (Å²) in [6.45, 7) is 3.88. The molecule has 24 heavy (non-hydrogen) atoms. The number of carboxylic acids is 1.